The summed E-state index contributed by atoms with van der Waals surface area (Å²) in [6.07, 6.45) is 4.85. The first-order chi connectivity index (χ1) is 9.93. The molecule has 1 aliphatic rings. The number of hydrogen-bond acceptors (Lipinski definition) is 1. The van der Waals surface area contributed by atoms with Crippen molar-refractivity contribution in [1.82, 2.24) is 4.90 Å². The van der Waals surface area contributed by atoms with Crippen molar-refractivity contribution in [2.24, 2.45) is 5.41 Å². The number of allylic oxidation sites excluding steroid dienone is 1. The fraction of sp³-hybridized carbons (Fsp3) is 0.500. The minimum absolute atomic E-state index is 0.332. The second-order valence-electron chi connectivity index (χ2n) is 7.09. The average molecular weight is 283 g/mol. The van der Waals surface area contributed by atoms with Crippen molar-refractivity contribution in [3.63, 3.8) is 0 Å². The predicted octanol–water partition coefficient (Wildman–Crippen LogP) is 5.50. The molecule has 0 aliphatic heterocycles. The molecule has 114 valence electrons. The van der Waals surface area contributed by atoms with Crippen molar-refractivity contribution in [2.75, 3.05) is 6.54 Å². The third-order valence-corrected chi connectivity index (χ3v) is 4.58. The third-order valence-electron chi connectivity index (χ3n) is 4.58. The molecular weight excluding hydrogens is 254 g/mol. The van der Waals surface area contributed by atoms with Crippen molar-refractivity contribution < 1.29 is 0 Å². The summed E-state index contributed by atoms with van der Waals surface area (Å²) < 4.78 is 0. The average Bonchev–Trinajstić information content (AvgIpc) is 3.29. The summed E-state index contributed by atoms with van der Waals surface area (Å²) in [5.74, 6) is 0. The molecule has 1 aromatic carbocycles. The first-order valence-electron chi connectivity index (χ1n) is 8.10. The van der Waals surface area contributed by atoms with E-state index in [9.17, 15) is 0 Å². The van der Waals surface area contributed by atoms with Crippen molar-refractivity contribution in [1.29, 1.82) is 0 Å². The second-order valence-corrected chi connectivity index (χ2v) is 7.09. The van der Waals surface area contributed by atoms with E-state index in [2.05, 4.69) is 69.2 Å². The lowest BCUT2D eigenvalue weighted by atomic mass is 9.85. The highest BCUT2D eigenvalue weighted by atomic mass is 15.2. The lowest BCUT2D eigenvalue weighted by Gasteiger charge is -2.33. The van der Waals surface area contributed by atoms with Crippen molar-refractivity contribution >= 4 is 5.57 Å². The minimum atomic E-state index is 0.332. The van der Waals surface area contributed by atoms with Gasteiger partial charge in [0.2, 0.25) is 0 Å². The molecule has 1 aliphatic carbocycles. The maximum atomic E-state index is 4.38. The molecule has 0 amide bonds. The van der Waals surface area contributed by atoms with E-state index >= 15 is 0 Å². The third kappa shape index (κ3) is 4.49. The highest BCUT2D eigenvalue weighted by Gasteiger charge is 2.31. The monoisotopic (exact) mass is 283 g/mol. The van der Waals surface area contributed by atoms with Gasteiger partial charge in [-0.05, 0) is 35.8 Å². The first kappa shape index (κ1) is 15.9. The summed E-state index contributed by atoms with van der Waals surface area (Å²) >= 11 is 0. The van der Waals surface area contributed by atoms with Crippen LogP contribution >= 0.6 is 0 Å². The van der Waals surface area contributed by atoms with Crippen LogP contribution in [-0.4, -0.2) is 17.5 Å². The van der Waals surface area contributed by atoms with Crippen LogP contribution in [-0.2, 0) is 0 Å². The van der Waals surface area contributed by atoms with Crippen molar-refractivity contribution in [3.05, 3.63) is 54.8 Å². The fourth-order valence-electron chi connectivity index (χ4n) is 2.64. The first-order valence-corrected chi connectivity index (χ1v) is 8.10. The van der Waals surface area contributed by atoms with Crippen molar-refractivity contribution in [3.8, 4) is 0 Å². The van der Waals surface area contributed by atoms with E-state index in [1.807, 2.05) is 0 Å². The van der Waals surface area contributed by atoms with Gasteiger partial charge in [-0.2, -0.15) is 0 Å². The van der Waals surface area contributed by atoms with Crippen LogP contribution in [0, 0.1) is 5.41 Å². The molecule has 0 saturated heterocycles. The lowest BCUT2D eigenvalue weighted by Crippen LogP contribution is -2.29. The largest absolute Gasteiger partial charge is 0.368 e. The fourth-order valence-corrected chi connectivity index (χ4v) is 2.64. The van der Waals surface area contributed by atoms with Gasteiger partial charge in [-0.15, -0.1) is 0 Å². The highest BCUT2D eigenvalue weighted by Crippen LogP contribution is 2.36. The van der Waals surface area contributed by atoms with E-state index in [0.717, 1.165) is 13.0 Å². The summed E-state index contributed by atoms with van der Waals surface area (Å²) in [6.45, 7) is 16.5. The Kier molecular flexibility index (Phi) is 4.92. The van der Waals surface area contributed by atoms with Gasteiger partial charge in [0, 0.05) is 18.3 Å². The standard InChI is InChI=1S/C20H29N/c1-6-20(4,5)14-17(3)21(19-12-13-19)15-16(2)18-10-8-7-9-11-18/h7-11,19H,2-3,6,12-15H2,1,4-5H3. The Morgan fingerprint density at radius 1 is 1.19 bits per heavy atom. The molecule has 1 saturated carbocycles. The number of benzene rings is 1. The van der Waals surface area contributed by atoms with Gasteiger partial charge in [-0.1, -0.05) is 70.7 Å². The molecule has 0 unspecified atom stereocenters. The van der Waals surface area contributed by atoms with Crippen LogP contribution in [0.15, 0.2) is 49.2 Å². The van der Waals surface area contributed by atoms with Gasteiger partial charge in [0.25, 0.3) is 0 Å². The maximum Gasteiger partial charge on any atom is 0.0429 e. The molecule has 0 aromatic heterocycles. The zero-order valence-electron chi connectivity index (χ0n) is 13.9. The summed E-state index contributed by atoms with van der Waals surface area (Å²) in [5.41, 5.74) is 4.04. The number of hydrogen-bond donors (Lipinski definition) is 0. The maximum absolute atomic E-state index is 4.38. The highest BCUT2D eigenvalue weighted by molar-refractivity contribution is 5.64. The molecule has 0 bridgehead atoms. The van der Waals surface area contributed by atoms with Gasteiger partial charge in [-0.25, -0.2) is 0 Å². The molecule has 0 atom stereocenters. The van der Waals surface area contributed by atoms with E-state index in [-0.39, 0.29) is 0 Å². The number of nitrogens with zero attached hydrogens (tertiary/aromatic N) is 1. The zero-order chi connectivity index (χ0) is 15.5. The quantitative estimate of drug-likeness (QED) is 0.608. The molecule has 0 radical (unpaired) electrons. The molecule has 21 heavy (non-hydrogen) atoms. The Balaban J connectivity index is 2.03. The summed E-state index contributed by atoms with van der Waals surface area (Å²) in [7, 11) is 0. The smallest absolute Gasteiger partial charge is 0.0429 e. The minimum Gasteiger partial charge on any atom is -0.368 e. The van der Waals surface area contributed by atoms with Gasteiger partial charge < -0.3 is 4.90 Å². The van der Waals surface area contributed by atoms with Gasteiger partial charge in [0.1, 0.15) is 0 Å². The van der Waals surface area contributed by atoms with E-state index in [4.69, 9.17) is 0 Å². The van der Waals surface area contributed by atoms with E-state index < -0.39 is 0 Å². The van der Waals surface area contributed by atoms with Gasteiger partial charge in [-0.3, -0.25) is 0 Å². The lowest BCUT2D eigenvalue weighted by molar-refractivity contribution is 0.280. The van der Waals surface area contributed by atoms with E-state index in [0.29, 0.717) is 11.5 Å². The molecule has 1 aromatic rings. The van der Waals surface area contributed by atoms with Crippen LogP contribution in [0.1, 0.15) is 52.0 Å². The summed E-state index contributed by atoms with van der Waals surface area (Å²) in [5, 5.41) is 0. The van der Waals surface area contributed by atoms with Crippen molar-refractivity contribution in [2.45, 2.75) is 52.5 Å². The second kappa shape index (κ2) is 6.51. The van der Waals surface area contributed by atoms with Crippen LogP contribution in [0.25, 0.3) is 5.57 Å². The molecule has 1 nitrogen and oxygen atoms in total. The summed E-state index contributed by atoms with van der Waals surface area (Å²) in [4.78, 5) is 2.49. The molecule has 1 heteroatoms. The number of rotatable bonds is 8. The van der Waals surface area contributed by atoms with Gasteiger partial charge in [0.05, 0.1) is 0 Å². The topological polar surface area (TPSA) is 3.24 Å². The Morgan fingerprint density at radius 2 is 1.81 bits per heavy atom. The van der Waals surface area contributed by atoms with E-state index in [1.54, 1.807) is 0 Å². The molecule has 0 N–H and O–H groups in total. The van der Waals surface area contributed by atoms with Gasteiger partial charge in [0.15, 0.2) is 0 Å². The van der Waals surface area contributed by atoms with Crippen LogP contribution < -0.4 is 0 Å². The van der Waals surface area contributed by atoms with Crippen LogP contribution in [0.2, 0.25) is 0 Å². The Morgan fingerprint density at radius 3 is 2.33 bits per heavy atom. The Bertz CT molecular complexity index is 494. The van der Waals surface area contributed by atoms with Gasteiger partial charge >= 0.3 is 0 Å². The van der Waals surface area contributed by atoms with Crippen LogP contribution in [0.3, 0.4) is 0 Å². The van der Waals surface area contributed by atoms with E-state index in [1.165, 1.54) is 36.1 Å². The van der Waals surface area contributed by atoms with Crippen LogP contribution in [0.4, 0.5) is 0 Å². The Labute approximate surface area is 130 Å². The predicted molar refractivity (Wildman–Crippen MR) is 93.0 cm³/mol. The zero-order valence-corrected chi connectivity index (χ0v) is 13.9. The molecule has 0 heterocycles. The SMILES string of the molecule is C=C(CN(C(=C)CC(C)(C)CC)C1CC1)c1ccccc1. The molecule has 2 rings (SSSR count). The molecular formula is C20H29N. The van der Waals surface area contributed by atoms with Crippen LogP contribution in [0.5, 0.6) is 0 Å². The Hall–Kier alpha value is -1.50. The normalized spacial score (nSPS) is 14.8. The molecule has 0 spiro atoms. The summed E-state index contributed by atoms with van der Waals surface area (Å²) in [6, 6.07) is 11.2. The molecule has 1 fully saturated rings.